The number of ether oxygens (including phenoxy) is 1. The van der Waals surface area contributed by atoms with E-state index in [1.807, 2.05) is 26.0 Å². The van der Waals surface area contributed by atoms with Crippen molar-refractivity contribution in [2.24, 2.45) is 5.73 Å². The van der Waals surface area contributed by atoms with Crippen molar-refractivity contribution in [2.75, 3.05) is 117 Å². The van der Waals surface area contributed by atoms with Crippen LogP contribution in [0.4, 0.5) is 11.4 Å². The number of nitrogens with zero attached hydrogens (tertiary/aromatic N) is 7. The zero-order chi connectivity index (χ0) is 84.2. The van der Waals surface area contributed by atoms with E-state index in [1.165, 1.54) is 30.2 Å². The molecule has 0 radical (unpaired) electrons. The summed E-state index contributed by atoms with van der Waals surface area (Å²) in [5, 5.41) is 33.5. The Hall–Kier alpha value is -7.27. The molecule has 0 saturated heterocycles. The molecule has 3 aromatic carbocycles. The highest BCUT2D eigenvalue weighted by atomic mass is 32.2. The van der Waals surface area contributed by atoms with Gasteiger partial charge in [0.25, 0.3) is 20.2 Å². The minimum Gasteiger partial charge on any atom is -0.748 e. The second-order valence-corrected chi connectivity index (χ2v) is 36.9. The Kier molecular flexibility index (Phi) is 38.6. The van der Waals surface area contributed by atoms with Crippen LogP contribution in [0.2, 0.25) is 0 Å². The third-order valence-electron chi connectivity index (χ3n) is 19.8. The molecule has 3 aliphatic rings. The first-order valence-electron chi connectivity index (χ1n) is 38.9. The summed E-state index contributed by atoms with van der Waals surface area (Å²) in [5.74, 6) is -1.96. The number of anilines is 2. The molecule has 6 rings (SSSR count). The lowest BCUT2D eigenvalue weighted by Gasteiger charge is -2.34. The van der Waals surface area contributed by atoms with Crippen molar-refractivity contribution in [3.8, 4) is 0 Å². The van der Waals surface area contributed by atoms with Crippen LogP contribution in [0.25, 0.3) is 5.57 Å². The second kappa shape index (κ2) is 44.6. The SMILES string of the molecule is CC(=O)N(O)CCCCCNC(=O)CCC(=O)N(O)CCCCCCC(=O)CCC(=O)N(O)CCCCCN.CC(C)OC(=O)CCc1ccc(C2=C(/C=C/C3N(CCC[N+](C)(C)C)c4ccc(S(=O)(=O)O)cc4C3(C)C)CCC/C2=C\C=C2\N(CCC[N+](C)(C)C)c3ccc(S(=O)(=O)O)cc3C2(C)C)cc1.CS(=O)(=O)[O-]. The van der Waals surface area contributed by atoms with Gasteiger partial charge in [-0.25, -0.2) is 23.6 Å². The number of amides is 4. The second-order valence-electron chi connectivity index (χ2n) is 32.6. The van der Waals surface area contributed by atoms with Gasteiger partial charge in [-0.3, -0.25) is 53.5 Å². The monoisotopic (exact) mass is 1630 g/mol. The Balaban J connectivity index is 0.000000510. The number of ketones is 1. The largest absolute Gasteiger partial charge is 0.748 e. The number of hydroxylamine groups is 6. The van der Waals surface area contributed by atoms with Crippen LogP contribution in [0.3, 0.4) is 0 Å². The fourth-order valence-corrected chi connectivity index (χ4v) is 14.8. The number of carbonyl (C=O) groups excluding carboxylic acids is 6. The van der Waals surface area contributed by atoms with Crippen LogP contribution < -0.4 is 20.9 Å². The number of hydrogen-bond acceptors (Lipinski definition) is 20. The molecule has 1 atom stereocenters. The summed E-state index contributed by atoms with van der Waals surface area (Å²) in [6.45, 7) is 18.5. The normalized spacial score (nSPS) is 16.2. The molecule has 0 fully saturated rings. The minimum absolute atomic E-state index is 0.0163. The van der Waals surface area contributed by atoms with Crippen LogP contribution >= 0.6 is 0 Å². The standard InChI is InChI=1S/C54H74N4O8S2.C26H49N5O8.CH4O3S/c1-38(2)66-51(59)31-20-39-18-21-42(22-19-39)52-40(23-29-49-53(3,4)45-36-43(67(60,61)62)25-27-47(45)55(49)32-14-34-57(7,8)9)16-13-17-41(52)24-30-50-54(5,6)46-37-44(68(63,64)65)26-28-48(46)56(50)33-15-35-58(10,11)12;1-22(32)29(37)19-11-5-8-18-28-24(34)14-16-26(36)31(39)20-9-3-2-6-12-23(33)13-15-25(35)30(38)21-10-4-7-17-27;1-5(2,3)4/h18-19,21-30,36-38,49H,13-17,20,31-35H2,1-12H3;37-39H,2-21,27H2,1H3,(H,28,34);1H3,(H,2,3,4)/p+1/b29-23+,41-24+,50-30+;;. The van der Waals surface area contributed by atoms with Gasteiger partial charge in [0.1, 0.15) is 5.78 Å². The summed E-state index contributed by atoms with van der Waals surface area (Å²) >= 11 is 0. The number of fused-ring (bicyclic) bond motifs is 2. The van der Waals surface area contributed by atoms with Crippen molar-refractivity contribution in [1.82, 2.24) is 20.5 Å². The van der Waals surface area contributed by atoms with Gasteiger partial charge in [0.2, 0.25) is 23.6 Å². The van der Waals surface area contributed by atoms with Crippen molar-refractivity contribution < 1.29 is 97.0 Å². The van der Waals surface area contributed by atoms with E-state index < -0.39 is 58.9 Å². The van der Waals surface area contributed by atoms with Crippen LogP contribution in [0.15, 0.2) is 112 Å². The summed E-state index contributed by atoms with van der Waals surface area (Å²) in [7, 11) is 0.318. The van der Waals surface area contributed by atoms with Crippen LogP contribution in [0.5, 0.6) is 0 Å². The van der Waals surface area contributed by atoms with E-state index in [4.69, 9.17) is 23.4 Å². The maximum absolute atomic E-state index is 12.5. The summed E-state index contributed by atoms with van der Waals surface area (Å²) in [5.41, 5.74) is 14.5. The number of Topliss-reactive ketones (excluding diaryl/α,β-unsaturated/α-hetero) is 1. The smallest absolute Gasteiger partial charge is 0.306 e. The first kappa shape index (κ1) is 97.1. The molecule has 0 aromatic heterocycles. The number of rotatable bonds is 42. The van der Waals surface area contributed by atoms with Crippen LogP contribution in [-0.2, 0) is 81.1 Å². The maximum Gasteiger partial charge on any atom is 0.306 e. The number of aryl methyl sites for hydroxylation is 1. The molecule has 31 heteroatoms. The Morgan fingerprint density at radius 2 is 1.16 bits per heavy atom. The Morgan fingerprint density at radius 1 is 0.643 bits per heavy atom. The lowest BCUT2D eigenvalue weighted by molar-refractivity contribution is -0.870. The van der Waals surface area contributed by atoms with E-state index in [1.54, 1.807) is 12.1 Å². The average Bonchev–Trinajstić information content (AvgIpc) is 1.59. The number of nitrogens with two attached hydrogens (primary N) is 1. The molecule has 1 unspecified atom stereocenters. The lowest BCUT2D eigenvalue weighted by atomic mass is 9.78. The van der Waals surface area contributed by atoms with Crippen molar-refractivity contribution in [3.63, 3.8) is 0 Å². The van der Waals surface area contributed by atoms with Crippen molar-refractivity contribution in [2.45, 2.75) is 222 Å². The van der Waals surface area contributed by atoms with Crippen molar-refractivity contribution in [3.05, 3.63) is 124 Å². The third-order valence-corrected chi connectivity index (χ3v) is 21.5. The van der Waals surface area contributed by atoms with Gasteiger partial charge in [-0.1, -0.05) is 89.5 Å². The highest BCUT2D eigenvalue weighted by Gasteiger charge is 2.45. The van der Waals surface area contributed by atoms with Crippen LogP contribution in [0.1, 0.15) is 206 Å². The van der Waals surface area contributed by atoms with Gasteiger partial charge in [-0.15, -0.1) is 0 Å². The van der Waals surface area contributed by atoms with Gasteiger partial charge >= 0.3 is 5.97 Å². The number of quaternary nitrogens is 2. The molecule has 8 N–H and O–H groups in total. The maximum atomic E-state index is 12.5. The predicted octanol–water partition coefficient (Wildman–Crippen LogP) is 10.8. The molecular formula is C81H128N9O19S3+. The van der Waals surface area contributed by atoms with E-state index in [2.05, 4.69) is 134 Å². The number of unbranched alkanes of at least 4 members (excludes halogenated alkanes) is 7. The molecule has 112 heavy (non-hydrogen) atoms. The first-order chi connectivity index (χ1) is 52.0. The predicted molar refractivity (Wildman–Crippen MR) is 432 cm³/mol. The van der Waals surface area contributed by atoms with E-state index in [-0.39, 0.29) is 84.9 Å². The summed E-state index contributed by atoms with van der Waals surface area (Å²) in [4.78, 5) is 75.5. The van der Waals surface area contributed by atoms with Crippen LogP contribution in [0, 0.1) is 0 Å². The Bertz CT molecular complexity index is 4120. The molecule has 0 spiro atoms. The van der Waals surface area contributed by atoms with Gasteiger partial charge in [0.05, 0.1) is 87.4 Å². The van der Waals surface area contributed by atoms with Gasteiger partial charge in [0.15, 0.2) is 0 Å². The van der Waals surface area contributed by atoms with Gasteiger partial charge in [-0.05, 0) is 172 Å². The topological polar surface area (TPSA) is 393 Å². The highest BCUT2D eigenvalue weighted by Crippen LogP contribution is 2.50. The Labute approximate surface area is 666 Å². The molecule has 2 heterocycles. The number of esters is 1. The molecule has 0 saturated carbocycles. The van der Waals surface area contributed by atoms with E-state index in [9.17, 15) is 70.3 Å². The molecule has 4 amide bonds. The average molecular weight is 1630 g/mol. The molecule has 3 aromatic rings. The fraction of sp³-hybridized carbons (Fsp3) is 0.605. The van der Waals surface area contributed by atoms with E-state index >= 15 is 0 Å². The minimum atomic E-state index is -4.42. The highest BCUT2D eigenvalue weighted by molar-refractivity contribution is 7.86. The fourth-order valence-electron chi connectivity index (χ4n) is 13.8. The van der Waals surface area contributed by atoms with Gasteiger partial charge < -0.3 is 39.1 Å². The zero-order valence-electron chi connectivity index (χ0n) is 68.5. The van der Waals surface area contributed by atoms with Crippen LogP contribution in [-0.4, -0.2) is 234 Å². The zero-order valence-corrected chi connectivity index (χ0v) is 71.0. The lowest BCUT2D eigenvalue weighted by Crippen LogP contribution is -2.42. The molecule has 2 aliphatic heterocycles. The summed E-state index contributed by atoms with van der Waals surface area (Å²) < 4.78 is 104. The molecular weight excluding hydrogens is 1500 g/mol. The summed E-state index contributed by atoms with van der Waals surface area (Å²) in [6, 6.07) is 18.2. The van der Waals surface area contributed by atoms with E-state index in [0.29, 0.717) is 92.3 Å². The quantitative estimate of drug-likeness (QED) is 0.00692. The number of carbonyl (C=O) groups is 6. The summed E-state index contributed by atoms with van der Waals surface area (Å²) in [6.07, 6.45) is 22.0. The van der Waals surface area contributed by atoms with Crippen molar-refractivity contribution in [1.29, 1.82) is 0 Å². The van der Waals surface area contributed by atoms with Crippen molar-refractivity contribution >= 4 is 82.7 Å². The number of allylic oxidation sites excluding steroid dienone is 7. The molecule has 628 valence electrons. The molecule has 28 nitrogen and oxygen atoms in total. The number of benzene rings is 3. The van der Waals surface area contributed by atoms with Gasteiger partial charge in [-0.2, -0.15) is 16.8 Å². The van der Waals surface area contributed by atoms with Gasteiger partial charge in [0, 0.05) is 132 Å². The Morgan fingerprint density at radius 3 is 1.71 bits per heavy atom. The van der Waals surface area contributed by atoms with E-state index in [0.717, 1.165) is 138 Å². The molecule has 0 bridgehead atoms. The molecule has 1 aliphatic carbocycles. The number of hydrogen-bond donors (Lipinski definition) is 7. The third kappa shape index (κ3) is 33.7. The number of nitrogens with one attached hydrogen (secondary N) is 1. The first-order valence-corrected chi connectivity index (χ1v) is 43.6.